The SMILES string of the molecule is CC(C)NCCOc1ccccc1CN(C)S(=O)(=O)c1cc(-c2ccnn2-c2ccccc2Cl)c(O)cc1O. The molecule has 3 aromatic carbocycles. The quantitative estimate of drug-likeness (QED) is 0.222. The van der Waals surface area contributed by atoms with Crippen LogP contribution in [0, 0.1) is 0 Å². The first-order valence-electron chi connectivity index (χ1n) is 12.3. The fourth-order valence-corrected chi connectivity index (χ4v) is 5.52. The van der Waals surface area contributed by atoms with E-state index < -0.39 is 15.8 Å². The van der Waals surface area contributed by atoms with Crippen molar-refractivity contribution in [3.05, 3.63) is 83.5 Å². The maximum atomic E-state index is 13.6. The molecule has 0 amide bonds. The average molecular weight is 571 g/mol. The number of aromatic hydroxyl groups is 2. The van der Waals surface area contributed by atoms with E-state index in [4.69, 9.17) is 16.3 Å². The number of rotatable bonds is 11. The fraction of sp³-hybridized carbons (Fsp3) is 0.250. The summed E-state index contributed by atoms with van der Waals surface area (Å²) >= 11 is 6.35. The van der Waals surface area contributed by atoms with E-state index in [1.54, 1.807) is 48.5 Å². The minimum atomic E-state index is -4.19. The minimum absolute atomic E-state index is 0.00330. The van der Waals surface area contributed by atoms with Crippen molar-refractivity contribution in [2.75, 3.05) is 20.2 Å². The molecule has 0 fully saturated rings. The van der Waals surface area contributed by atoms with Gasteiger partial charge in [0.05, 0.1) is 22.6 Å². The third-order valence-corrected chi connectivity index (χ3v) is 8.19. The lowest BCUT2D eigenvalue weighted by Crippen LogP contribution is -2.28. The molecule has 0 aliphatic rings. The maximum Gasteiger partial charge on any atom is 0.246 e. The Balaban J connectivity index is 1.64. The Labute approximate surface area is 233 Å². The van der Waals surface area contributed by atoms with Crippen LogP contribution < -0.4 is 10.1 Å². The van der Waals surface area contributed by atoms with E-state index in [0.717, 1.165) is 10.4 Å². The number of para-hydroxylation sites is 2. The molecule has 9 nitrogen and oxygen atoms in total. The molecule has 0 bridgehead atoms. The fourth-order valence-electron chi connectivity index (χ4n) is 4.07. The van der Waals surface area contributed by atoms with E-state index in [1.807, 2.05) is 19.9 Å². The third-order valence-electron chi connectivity index (χ3n) is 6.04. The molecule has 0 saturated carbocycles. The summed E-state index contributed by atoms with van der Waals surface area (Å²) in [6.45, 7) is 5.16. The van der Waals surface area contributed by atoms with Gasteiger partial charge in [-0.1, -0.05) is 55.8 Å². The van der Waals surface area contributed by atoms with E-state index in [0.29, 0.717) is 46.9 Å². The highest BCUT2D eigenvalue weighted by Crippen LogP contribution is 2.39. The van der Waals surface area contributed by atoms with Crippen molar-refractivity contribution >= 4 is 21.6 Å². The zero-order chi connectivity index (χ0) is 28.2. The van der Waals surface area contributed by atoms with Crippen LogP contribution in [0.5, 0.6) is 17.2 Å². The van der Waals surface area contributed by atoms with Crippen molar-refractivity contribution < 1.29 is 23.4 Å². The number of phenolic OH excluding ortho intramolecular Hbond substituents is 2. The van der Waals surface area contributed by atoms with E-state index in [9.17, 15) is 18.6 Å². The summed E-state index contributed by atoms with van der Waals surface area (Å²) in [6.07, 6.45) is 1.51. The van der Waals surface area contributed by atoms with Gasteiger partial charge in [-0.2, -0.15) is 9.40 Å². The molecule has 0 atom stereocenters. The van der Waals surface area contributed by atoms with Gasteiger partial charge < -0.3 is 20.3 Å². The normalized spacial score (nSPS) is 11.8. The van der Waals surface area contributed by atoms with Crippen LogP contribution in [0.3, 0.4) is 0 Å². The first-order valence-corrected chi connectivity index (χ1v) is 14.2. The molecule has 0 unspecified atom stereocenters. The van der Waals surface area contributed by atoms with Crippen LogP contribution in [-0.4, -0.2) is 59.0 Å². The van der Waals surface area contributed by atoms with Crippen LogP contribution in [0.2, 0.25) is 5.02 Å². The monoisotopic (exact) mass is 570 g/mol. The Morgan fingerprint density at radius 3 is 2.51 bits per heavy atom. The Morgan fingerprint density at radius 1 is 1.05 bits per heavy atom. The first kappa shape index (κ1) is 28.4. The van der Waals surface area contributed by atoms with Gasteiger partial charge in [0.2, 0.25) is 10.0 Å². The van der Waals surface area contributed by atoms with Gasteiger partial charge in [-0.05, 0) is 30.3 Å². The van der Waals surface area contributed by atoms with Crippen LogP contribution in [0.4, 0.5) is 0 Å². The van der Waals surface area contributed by atoms with E-state index in [-0.39, 0.29) is 22.8 Å². The highest BCUT2D eigenvalue weighted by atomic mass is 35.5. The molecule has 0 radical (unpaired) electrons. The lowest BCUT2D eigenvalue weighted by Gasteiger charge is -2.21. The zero-order valence-corrected chi connectivity index (χ0v) is 23.4. The van der Waals surface area contributed by atoms with E-state index in [2.05, 4.69) is 10.4 Å². The zero-order valence-electron chi connectivity index (χ0n) is 21.9. The molecule has 206 valence electrons. The first-order chi connectivity index (χ1) is 18.6. The number of aromatic nitrogens is 2. The number of halogens is 1. The molecule has 0 spiro atoms. The van der Waals surface area contributed by atoms with Crippen LogP contribution >= 0.6 is 11.6 Å². The highest BCUT2D eigenvalue weighted by molar-refractivity contribution is 7.89. The lowest BCUT2D eigenvalue weighted by atomic mass is 10.1. The highest BCUT2D eigenvalue weighted by Gasteiger charge is 2.28. The Bertz CT molecular complexity index is 1560. The molecular weight excluding hydrogens is 540 g/mol. The van der Waals surface area contributed by atoms with Crippen molar-refractivity contribution in [3.63, 3.8) is 0 Å². The van der Waals surface area contributed by atoms with Gasteiger partial charge in [0.15, 0.2) is 0 Å². The van der Waals surface area contributed by atoms with Gasteiger partial charge in [0, 0.05) is 43.4 Å². The molecule has 0 aliphatic heterocycles. The Kier molecular flexibility index (Phi) is 8.81. The number of hydrogen-bond acceptors (Lipinski definition) is 7. The molecular formula is C28H31ClN4O5S. The molecule has 1 aromatic heterocycles. The topological polar surface area (TPSA) is 117 Å². The van der Waals surface area contributed by atoms with Gasteiger partial charge >= 0.3 is 0 Å². The van der Waals surface area contributed by atoms with Gasteiger partial charge in [-0.15, -0.1) is 0 Å². The van der Waals surface area contributed by atoms with E-state index in [1.165, 1.54) is 24.0 Å². The lowest BCUT2D eigenvalue weighted by molar-refractivity contribution is 0.303. The van der Waals surface area contributed by atoms with Crippen LogP contribution in [0.15, 0.2) is 77.8 Å². The summed E-state index contributed by atoms with van der Waals surface area (Å²) in [5.41, 5.74) is 1.78. The standard InChI is InChI=1S/C28H31ClN4O5S/c1-19(2)30-14-15-38-27-11-7-4-8-20(27)18-32(3)39(36,37)28-16-21(25(34)17-26(28)35)23-12-13-31-33(23)24-10-6-5-9-22(24)29/h4-13,16-17,19,30,34-35H,14-15,18H2,1-3H3. The van der Waals surface area contributed by atoms with Crippen LogP contribution in [-0.2, 0) is 16.6 Å². The predicted octanol–water partition coefficient (Wildman–Crippen LogP) is 4.80. The van der Waals surface area contributed by atoms with Crippen LogP contribution in [0.1, 0.15) is 19.4 Å². The summed E-state index contributed by atoms with van der Waals surface area (Å²) < 4.78 is 35.8. The summed E-state index contributed by atoms with van der Waals surface area (Å²) in [5.74, 6) is -0.308. The number of sulfonamides is 1. The second-order valence-corrected chi connectivity index (χ2v) is 11.7. The van der Waals surface area contributed by atoms with Crippen molar-refractivity contribution in [1.29, 1.82) is 0 Å². The summed E-state index contributed by atoms with van der Waals surface area (Å²) in [5, 5.41) is 29.3. The summed E-state index contributed by atoms with van der Waals surface area (Å²) in [4.78, 5) is -0.357. The molecule has 0 saturated heterocycles. The van der Waals surface area contributed by atoms with Crippen molar-refractivity contribution in [2.45, 2.75) is 31.3 Å². The largest absolute Gasteiger partial charge is 0.507 e. The molecule has 3 N–H and O–H groups in total. The van der Waals surface area contributed by atoms with Gasteiger partial charge in [0.25, 0.3) is 0 Å². The molecule has 4 aromatic rings. The molecule has 39 heavy (non-hydrogen) atoms. The molecule has 1 heterocycles. The smallest absolute Gasteiger partial charge is 0.246 e. The number of nitrogens with zero attached hydrogens (tertiary/aromatic N) is 3. The van der Waals surface area contributed by atoms with Gasteiger partial charge in [-0.3, -0.25) is 0 Å². The second-order valence-electron chi connectivity index (χ2n) is 9.24. The summed E-state index contributed by atoms with van der Waals surface area (Å²) in [6, 6.07) is 18.4. The molecule has 11 heteroatoms. The minimum Gasteiger partial charge on any atom is -0.507 e. The van der Waals surface area contributed by atoms with Crippen molar-refractivity contribution in [1.82, 2.24) is 19.4 Å². The Morgan fingerprint density at radius 2 is 1.77 bits per heavy atom. The molecule has 0 aliphatic carbocycles. The molecule has 4 rings (SSSR count). The van der Waals surface area contributed by atoms with Gasteiger partial charge in [-0.25, -0.2) is 13.1 Å². The average Bonchev–Trinajstić information content (AvgIpc) is 3.37. The van der Waals surface area contributed by atoms with Gasteiger partial charge in [0.1, 0.15) is 28.8 Å². The number of hydrogen-bond donors (Lipinski definition) is 3. The maximum absolute atomic E-state index is 13.6. The van der Waals surface area contributed by atoms with Crippen molar-refractivity contribution in [2.24, 2.45) is 0 Å². The second kappa shape index (κ2) is 12.1. The number of ether oxygens (including phenoxy) is 1. The van der Waals surface area contributed by atoms with Crippen molar-refractivity contribution in [3.8, 4) is 34.2 Å². The predicted molar refractivity (Wildman–Crippen MR) is 151 cm³/mol. The van der Waals surface area contributed by atoms with E-state index >= 15 is 0 Å². The summed E-state index contributed by atoms with van der Waals surface area (Å²) in [7, 11) is -2.77. The number of phenols is 2. The number of benzene rings is 3. The number of nitrogens with one attached hydrogen (secondary N) is 1. The Hall–Kier alpha value is -3.57. The third kappa shape index (κ3) is 6.36. The van der Waals surface area contributed by atoms with Crippen LogP contribution in [0.25, 0.3) is 16.9 Å².